The second kappa shape index (κ2) is 6.62. The van der Waals surface area contributed by atoms with E-state index < -0.39 is 21.9 Å². The minimum atomic E-state index is -3.82. The Balaban J connectivity index is 1.79. The summed E-state index contributed by atoms with van der Waals surface area (Å²) >= 11 is 3.20. The van der Waals surface area contributed by atoms with Crippen molar-refractivity contribution in [3.63, 3.8) is 0 Å². The van der Waals surface area contributed by atoms with Crippen LogP contribution in [0, 0.1) is 5.82 Å². The van der Waals surface area contributed by atoms with Crippen molar-refractivity contribution in [1.29, 1.82) is 0 Å². The lowest BCUT2D eigenvalue weighted by Crippen LogP contribution is -2.41. The summed E-state index contributed by atoms with van der Waals surface area (Å²) in [5.74, 6) is -0.742. The largest absolute Gasteiger partial charge is 0.311 e. The quantitative estimate of drug-likeness (QED) is 0.839. The Hall–Kier alpha value is -1.77. The van der Waals surface area contributed by atoms with Crippen molar-refractivity contribution in [2.75, 3.05) is 11.4 Å². The lowest BCUT2D eigenvalue weighted by atomic mass is 10.3. The summed E-state index contributed by atoms with van der Waals surface area (Å²) in [5, 5.41) is 0. The van der Waals surface area contributed by atoms with Crippen molar-refractivity contribution in [3.05, 3.63) is 58.8 Å². The van der Waals surface area contributed by atoms with Gasteiger partial charge < -0.3 is 4.90 Å². The van der Waals surface area contributed by atoms with E-state index in [0.717, 1.165) is 0 Å². The Labute approximate surface area is 147 Å². The molecule has 0 aliphatic carbocycles. The van der Waals surface area contributed by atoms with E-state index in [-0.39, 0.29) is 10.8 Å². The first-order valence-electron chi connectivity index (χ1n) is 7.22. The number of nitrogens with one attached hydrogen (secondary N) is 1. The van der Waals surface area contributed by atoms with Gasteiger partial charge in [-0.3, -0.25) is 4.79 Å². The molecule has 1 atom stereocenters. The van der Waals surface area contributed by atoms with Crippen LogP contribution in [0.4, 0.5) is 10.1 Å². The van der Waals surface area contributed by atoms with E-state index in [9.17, 15) is 17.6 Å². The maximum Gasteiger partial charge on any atom is 0.245 e. The average Bonchev–Trinajstić information content (AvgIpc) is 2.89. The number of nitrogens with zero attached hydrogens (tertiary/aromatic N) is 1. The van der Waals surface area contributed by atoms with Crippen molar-refractivity contribution < 1.29 is 17.6 Å². The molecule has 1 aliphatic rings. The number of hydrogen-bond donors (Lipinski definition) is 1. The summed E-state index contributed by atoms with van der Waals surface area (Å²) in [6.45, 7) is 0.369. The monoisotopic (exact) mass is 412 g/mol. The van der Waals surface area contributed by atoms with Gasteiger partial charge in [-0.2, -0.15) is 4.72 Å². The minimum Gasteiger partial charge on any atom is -0.311 e. The van der Waals surface area contributed by atoms with Crippen LogP contribution in [0.1, 0.15) is 6.42 Å². The van der Waals surface area contributed by atoms with Crippen LogP contribution < -0.4 is 9.62 Å². The maximum atomic E-state index is 13.0. The van der Waals surface area contributed by atoms with Crippen molar-refractivity contribution in [3.8, 4) is 0 Å². The van der Waals surface area contributed by atoms with Gasteiger partial charge in [0.15, 0.2) is 0 Å². The van der Waals surface area contributed by atoms with Crippen LogP contribution in [0.5, 0.6) is 0 Å². The number of sulfonamides is 1. The van der Waals surface area contributed by atoms with E-state index in [2.05, 4.69) is 20.7 Å². The molecule has 0 saturated carbocycles. The van der Waals surface area contributed by atoms with Crippen LogP contribution in [-0.4, -0.2) is 26.9 Å². The van der Waals surface area contributed by atoms with E-state index in [1.165, 1.54) is 35.2 Å². The highest BCUT2D eigenvalue weighted by Gasteiger charge is 2.36. The molecule has 1 amide bonds. The fourth-order valence-corrected chi connectivity index (χ4v) is 4.81. The number of benzene rings is 2. The van der Waals surface area contributed by atoms with Crippen molar-refractivity contribution >= 4 is 37.5 Å². The van der Waals surface area contributed by atoms with Gasteiger partial charge in [0.05, 0.1) is 4.90 Å². The highest BCUT2D eigenvalue weighted by Crippen LogP contribution is 2.25. The zero-order valence-corrected chi connectivity index (χ0v) is 14.8. The zero-order chi connectivity index (χ0) is 17.3. The predicted molar refractivity (Wildman–Crippen MR) is 91.6 cm³/mol. The van der Waals surface area contributed by atoms with Gasteiger partial charge in [-0.05, 0) is 58.7 Å². The van der Waals surface area contributed by atoms with Gasteiger partial charge in [0.25, 0.3) is 0 Å². The van der Waals surface area contributed by atoms with Gasteiger partial charge in [-0.15, -0.1) is 0 Å². The first kappa shape index (κ1) is 17.1. The molecule has 2 aromatic rings. The third kappa shape index (κ3) is 3.35. The van der Waals surface area contributed by atoms with Crippen LogP contribution >= 0.6 is 15.9 Å². The van der Waals surface area contributed by atoms with Crippen LogP contribution in [0.3, 0.4) is 0 Å². The van der Waals surface area contributed by atoms with Crippen LogP contribution in [0.15, 0.2) is 57.9 Å². The molecule has 1 aliphatic heterocycles. The SMILES string of the molecule is O=C1C(NS(=O)(=O)c2ccccc2Br)CCN1c1ccc(F)cc1. The number of amides is 1. The number of hydrogen-bond acceptors (Lipinski definition) is 3. The second-order valence-corrected chi connectivity index (χ2v) is 7.90. The number of rotatable bonds is 4. The molecule has 126 valence electrons. The molecule has 1 unspecified atom stereocenters. The molecule has 0 radical (unpaired) electrons. The zero-order valence-electron chi connectivity index (χ0n) is 12.4. The smallest absolute Gasteiger partial charge is 0.245 e. The van der Waals surface area contributed by atoms with Crippen LogP contribution in [0.2, 0.25) is 0 Å². The summed E-state index contributed by atoms with van der Waals surface area (Å²) in [7, 11) is -3.82. The van der Waals surface area contributed by atoms with E-state index in [1.807, 2.05) is 0 Å². The van der Waals surface area contributed by atoms with Gasteiger partial charge in [0.2, 0.25) is 15.9 Å². The van der Waals surface area contributed by atoms with Gasteiger partial charge in [-0.1, -0.05) is 12.1 Å². The summed E-state index contributed by atoms with van der Waals surface area (Å²) in [4.78, 5) is 14.0. The van der Waals surface area contributed by atoms with E-state index >= 15 is 0 Å². The highest BCUT2D eigenvalue weighted by atomic mass is 79.9. The molecule has 0 bridgehead atoms. The lowest BCUT2D eigenvalue weighted by Gasteiger charge is -2.17. The number of halogens is 2. The fraction of sp³-hybridized carbons (Fsp3) is 0.188. The Morgan fingerprint density at radius 3 is 2.46 bits per heavy atom. The standard InChI is InChI=1S/C16H14BrFN2O3S/c17-13-3-1-2-4-15(13)24(22,23)19-14-9-10-20(16(14)21)12-7-5-11(18)6-8-12/h1-8,14,19H,9-10H2. The first-order valence-corrected chi connectivity index (χ1v) is 9.50. The van der Waals surface area contributed by atoms with E-state index in [0.29, 0.717) is 23.1 Å². The summed E-state index contributed by atoms with van der Waals surface area (Å²) in [6, 6.07) is 11.1. The van der Waals surface area contributed by atoms with E-state index in [1.54, 1.807) is 18.2 Å². The molecule has 24 heavy (non-hydrogen) atoms. The molecule has 5 nitrogen and oxygen atoms in total. The average molecular weight is 413 g/mol. The van der Waals surface area contributed by atoms with Crippen LogP contribution in [0.25, 0.3) is 0 Å². The normalized spacial score (nSPS) is 18.2. The number of carbonyl (C=O) groups is 1. The molecule has 1 N–H and O–H groups in total. The van der Waals surface area contributed by atoms with Crippen molar-refractivity contribution in [2.45, 2.75) is 17.4 Å². The molecule has 0 spiro atoms. The molecule has 8 heteroatoms. The topological polar surface area (TPSA) is 66.5 Å². The predicted octanol–water partition coefficient (Wildman–Crippen LogP) is 2.67. The molecule has 0 aromatic heterocycles. The Bertz CT molecular complexity index is 871. The molecule has 2 aromatic carbocycles. The molecule has 3 rings (SSSR count). The Kier molecular flexibility index (Phi) is 4.71. The lowest BCUT2D eigenvalue weighted by molar-refractivity contribution is -0.118. The van der Waals surface area contributed by atoms with Crippen molar-refractivity contribution in [2.24, 2.45) is 0 Å². The van der Waals surface area contributed by atoms with Gasteiger partial charge >= 0.3 is 0 Å². The van der Waals surface area contributed by atoms with Gasteiger partial charge in [0, 0.05) is 16.7 Å². The summed E-state index contributed by atoms with van der Waals surface area (Å²) in [6.07, 6.45) is 0.347. The minimum absolute atomic E-state index is 0.0815. The van der Waals surface area contributed by atoms with Crippen molar-refractivity contribution in [1.82, 2.24) is 4.72 Å². The number of anilines is 1. The third-order valence-electron chi connectivity index (χ3n) is 3.77. The Morgan fingerprint density at radius 1 is 1.12 bits per heavy atom. The summed E-state index contributed by atoms with van der Waals surface area (Å²) in [5.41, 5.74) is 0.545. The van der Waals surface area contributed by atoms with E-state index in [4.69, 9.17) is 0 Å². The maximum absolute atomic E-state index is 13.0. The number of carbonyl (C=O) groups excluding carboxylic acids is 1. The van der Waals surface area contributed by atoms with Gasteiger partial charge in [0.1, 0.15) is 11.9 Å². The molecular weight excluding hydrogens is 399 g/mol. The molecule has 1 fully saturated rings. The molecule has 1 heterocycles. The summed E-state index contributed by atoms with van der Waals surface area (Å²) < 4.78 is 40.8. The third-order valence-corrected chi connectivity index (χ3v) is 6.25. The highest BCUT2D eigenvalue weighted by molar-refractivity contribution is 9.10. The Morgan fingerprint density at radius 2 is 1.79 bits per heavy atom. The molecular formula is C16H14BrFN2O3S. The van der Waals surface area contributed by atoms with Crippen LogP contribution in [-0.2, 0) is 14.8 Å². The molecule has 1 saturated heterocycles. The van der Waals surface area contributed by atoms with Gasteiger partial charge in [-0.25, -0.2) is 12.8 Å². The second-order valence-electron chi connectivity index (χ2n) is 5.36. The first-order chi connectivity index (χ1) is 11.4. The fourth-order valence-electron chi connectivity index (χ4n) is 2.58.